The molecular formula is C31H30Cl5N9O3. The lowest BCUT2D eigenvalue weighted by atomic mass is 10.3. The van der Waals surface area contributed by atoms with Gasteiger partial charge in [0.2, 0.25) is 11.9 Å². The van der Waals surface area contributed by atoms with E-state index in [0.29, 0.717) is 99.2 Å². The lowest BCUT2D eigenvalue weighted by Crippen LogP contribution is -2.33. The summed E-state index contributed by atoms with van der Waals surface area (Å²) >= 11 is 29.9. The minimum absolute atomic E-state index is 0.104. The fourth-order valence-corrected chi connectivity index (χ4v) is 5.74. The van der Waals surface area contributed by atoms with E-state index in [9.17, 15) is 9.59 Å². The Hall–Kier alpha value is -3.65. The quantitative estimate of drug-likeness (QED) is 0.140. The molecule has 12 nitrogen and oxygen atoms in total. The summed E-state index contributed by atoms with van der Waals surface area (Å²) in [5.74, 6) is 1.28. The molecule has 2 aliphatic rings. The second-order valence-electron chi connectivity index (χ2n) is 10.7. The number of hydrogen-bond acceptors (Lipinski definition) is 8. The lowest BCUT2D eigenvalue weighted by molar-refractivity contribution is 0.255. The number of nitrogens with zero attached hydrogens (tertiary/aromatic N) is 8. The van der Waals surface area contributed by atoms with Gasteiger partial charge >= 0.3 is 12.1 Å². The smallest absolute Gasteiger partial charge is 0.331 e. The van der Waals surface area contributed by atoms with Gasteiger partial charge in [0.15, 0.2) is 0 Å². The summed E-state index contributed by atoms with van der Waals surface area (Å²) in [5.41, 5.74) is 2.82. The number of aryl methyl sites for hydroxylation is 2. The molecular weight excluding hydrogens is 724 g/mol. The van der Waals surface area contributed by atoms with Gasteiger partial charge in [0.05, 0.1) is 20.1 Å². The highest BCUT2D eigenvalue weighted by Crippen LogP contribution is 2.31. The molecule has 2 saturated heterocycles. The van der Waals surface area contributed by atoms with Gasteiger partial charge in [0.25, 0.3) is 0 Å². The van der Waals surface area contributed by atoms with Crippen LogP contribution in [0.1, 0.15) is 17.8 Å². The van der Waals surface area contributed by atoms with Crippen molar-refractivity contribution in [2.24, 2.45) is 0 Å². The van der Waals surface area contributed by atoms with E-state index in [2.05, 4.69) is 25.3 Å². The number of urea groups is 2. The molecule has 0 radical (unpaired) electrons. The van der Waals surface area contributed by atoms with Gasteiger partial charge in [-0.1, -0.05) is 58.0 Å². The number of benzene rings is 2. The third-order valence-corrected chi connectivity index (χ3v) is 8.90. The van der Waals surface area contributed by atoms with Crippen molar-refractivity contribution in [2.45, 2.75) is 20.3 Å². The van der Waals surface area contributed by atoms with E-state index in [-0.39, 0.29) is 18.7 Å². The predicted octanol–water partition coefficient (Wildman–Crippen LogP) is 7.52. The Morgan fingerprint density at radius 2 is 1.12 bits per heavy atom. The normalized spacial score (nSPS) is 14.5. The third-order valence-electron chi connectivity index (χ3n) is 7.23. The average Bonchev–Trinajstić information content (AvgIpc) is 3.62. The van der Waals surface area contributed by atoms with Gasteiger partial charge < -0.3 is 10.4 Å². The summed E-state index contributed by atoms with van der Waals surface area (Å²) in [4.78, 5) is 48.8. The van der Waals surface area contributed by atoms with Crippen molar-refractivity contribution in [1.29, 1.82) is 0 Å². The Kier molecular flexibility index (Phi) is 11.7. The van der Waals surface area contributed by atoms with E-state index in [1.807, 2.05) is 6.92 Å². The first-order valence-electron chi connectivity index (χ1n) is 14.7. The summed E-state index contributed by atoms with van der Waals surface area (Å²) in [5, 5.41) is 14.0. The molecule has 17 heteroatoms. The molecule has 0 bridgehead atoms. The maximum Gasteiger partial charge on any atom is 0.331 e. The first kappa shape index (κ1) is 35.7. The van der Waals surface area contributed by atoms with Crippen LogP contribution in [0.2, 0.25) is 25.2 Å². The van der Waals surface area contributed by atoms with E-state index in [4.69, 9.17) is 63.1 Å². The van der Waals surface area contributed by atoms with Crippen LogP contribution in [0.25, 0.3) is 0 Å². The average molecular weight is 754 g/mol. The van der Waals surface area contributed by atoms with Crippen LogP contribution in [0, 0.1) is 13.8 Å². The molecule has 4 amide bonds. The van der Waals surface area contributed by atoms with Gasteiger partial charge in [-0.05, 0) is 62.7 Å². The van der Waals surface area contributed by atoms with Gasteiger partial charge in [-0.3, -0.25) is 19.6 Å². The fraction of sp³-hybridized carbons (Fsp3) is 0.290. The summed E-state index contributed by atoms with van der Waals surface area (Å²) in [6, 6.07) is 13.2. The summed E-state index contributed by atoms with van der Waals surface area (Å²) in [7, 11) is 0. The van der Waals surface area contributed by atoms with Crippen molar-refractivity contribution >= 4 is 99.2 Å². The number of amides is 4. The monoisotopic (exact) mass is 751 g/mol. The topological polar surface area (TPSA) is 131 Å². The molecule has 4 heterocycles. The van der Waals surface area contributed by atoms with E-state index in [1.54, 1.807) is 65.3 Å². The van der Waals surface area contributed by atoms with Gasteiger partial charge in [-0.15, -0.1) is 0 Å². The molecule has 2 aromatic carbocycles. The minimum atomic E-state index is -0.222. The predicted molar refractivity (Wildman–Crippen MR) is 192 cm³/mol. The Balaban J connectivity index is 0.000000190. The number of aliphatic hydroxyl groups is 1. The fourth-order valence-electron chi connectivity index (χ4n) is 4.93. The largest absolute Gasteiger partial charge is 0.396 e. The molecule has 252 valence electrons. The van der Waals surface area contributed by atoms with Crippen LogP contribution < -0.4 is 24.9 Å². The van der Waals surface area contributed by atoms with E-state index in [0.717, 1.165) is 5.69 Å². The van der Waals surface area contributed by atoms with Crippen molar-refractivity contribution in [3.8, 4) is 0 Å². The van der Waals surface area contributed by atoms with Gasteiger partial charge in [0, 0.05) is 68.2 Å². The second kappa shape index (κ2) is 15.7. The van der Waals surface area contributed by atoms with Crippen molar-refractivity contribution in [3.05, 3.63) is 85.2 Å². The van der Waals surface area contributed by atoms with Crippen LogP contribution in [0.4, 0.5) is 38.7 Å². The number of aliphatic hydroxyl groups excluding tert-OH is 1. The Morgan fingerprint density at radius 1 is 0.646 bits per heavy atom. The van der Waals surface area contributed by atoms with Crippen LogP contribution in [-0.4, -0.2) is 76.4 Å². The zero-order valence-electron chi connectivity index (χ0n) is 25.8. The Morgan fingerprint density at radius 3 is 1.60 bits per heavy atom. The highest BCUT2D eigenvalue weighted by atomic mass is 35.5. The standard InChI is InChI=1S/C17H19Cl2N5O2.C14H11Cl3N4O/c1-11-9-15(20-5-2-8-25)22-16(21-11)24-7-6-23(17(24)26)12-3-4-13(18)14(19)10-12;1-8-6-12(17)19-13(18-8)21-5-4-20(14(21)22)9-2-3-10(15)11(16)7-9/h3-4,9-10,25H,2,5-8H2,1H3,(H,20,21,22);2-3,6-7H,4-5H2,1H3. The summed E-state index contributed by atoms with van der Waals surface area (Å²) in [6.07, 6.45) is 0.617. The van der Waals surface area contributed by atoms with Crippen LogP contribution in [0.3, 0.4) is 0 Å². The Bertz CT molecular complexity index is 1810. The molecule has 0 unspecified atom stereocenters. The third kappa shape index (κ3) is 8.31. The molecule has 4 aromatic rings. The zero-order chi connectivity index (χ0) is 34.5. The molecule has 0 spiro atoms. The molecule has 2 aromatic heterocycles. The molecule has 2 aliphatic heterocycles. The molecule has 2 fully saturated rings. The maximum absolute atomic E-state index is 12.8. The zero-order valence-corrected chi connectivity index (χ0v) is 29.6. The highest BCUT2D eigenvalue weighted by molar-refractivity contribution is 6.42. The molecule has 0 atom stereocenters. The van der Waals surface area contributed by atoms with Crippen molar-refractivity contribution in [1.82, 2.24) is 19.9 Å². The van der Waals surface area contributed by atoms with Gasteiger partial charge in [-0.25, -0.2) is 24.5 Å². The number of halogens is 5. The van der Waals surface area contributed by atoms with E-state index in [1.165, 1.54) is 9.80 Å². The number of carbonyl (C=O) groups is 2. The first-order valence-corrected chi connectivity index (χ1v) is 16.6. The van der Waals surface area contributed by atoms with Crippen LogP contribution in [0.5, 0.6) is 0 Å². The molecule has 6 rings (SSSR count). The maximum atomic E-state index is 12.8. The van der Waals surface area contributed by atoms with Gasteiger partial charge in [0.1, 0.15) is 11.0 Å². The van der Waals surface area contributed by atoms with Crippen molar-refractivity contribution in [3.63, 3.8) is 0 Å². The minimum Gasteiger partial charge on any atom is -0.396 e. The SMILES string of the molecule is Cc1cc(Cl)nc(N2CCN(c3ccc(Cl)c(Cl)c3)C2=O)n1.Cc1cc(NCCCO)nc(N2CCN(c3ccc(Cl)c(Cl)c3)C2=O)n1. The van der Waals surface area contributed by atoms with E-state index >= 15 is 0 Å². The second-order valence-corrected chi connectivity index (χ2v) is 12.7. The van der Waals surface area contributed by atoms with Gasteiger partial charge in [-0.2, -0.15) is 4.98 Å². The molecule has 0 saturated carbocycles. The number of nitrogens with one attached hydrogen (secondary N) is 1. The lowest BCUT2D eigenvalue weighted by Gasteiger charge is -2.18. The number of aromatic nitrogens is 4. The van der Waals surface area contributed by atoms with E-state index < -0.39 is 0 Å². The summed E-state index contributed by atoms with van der Waals surface area (Å²) in [6.45, 7) is 6.29. The summed E-state index contributed by atoms with van der Waals surface area (Å²) < 4.78 is 0. The van der Waals surface area contributed by atoms with Crippen molar-refractivity contribution in [2.75, 3.05) is 64.2 Å². The molecule has 0 aliphatic carbocycles. The van der Waals surface area contributed by atoms with Crippen LogP contribution in [0.15, 0.2) is 48.5 Å². The Labute approximate surface area is 302 Å². The molecule has 48 heavy (non-hydrogen) atoms. The molecule has 2 N–H and O–H groups in total. The first-order chi connectivity index (χ1) is 22.9. The number of carbonyl (C=O) groups excluding carboxylic acids is 2. The number of anilines is 5. The van der Waals surface area contributed by atoms with Crippen LogP contribution >= 0.6 is 58.0 Å². The number of hydrogen-bond donors (Lipinski definition) is 2. The highest BCUT2D eigenvalue weighted by Gasteiger charge is 2.34. The number of rotatable bonds is 8. The van der Waals surface area contributed by atoms with Crippen LogP contribution in [-0.2, 0) is 0 Å². The van der Waals surface area contributed by atoms with Crippen molar-refractivity contribution < 1.29 is 14.7 Å².